The van der Waals surface area contributed by atoms with E-state index in [-0.39, 0.29) is 23.5 Å². The highest BCUT2D eigenvalue weighted by Gasteiger charge is 2.35. The van der Waals surface area contributed by atoms with Gasteiger partial charge in [-0.2, -0.15) is 0 Å². The summed E-state index contributed by atoms with van der Waals surface area (Å²) >= 11 is 0. The first-order valence-electron chi connectivity index (χ1n) is 5.66. The molecule has 0 saturated carbocycles. The van der Waals surface area contributed by atoms with Gasteiger partial charge in [-0.15, -0.1) is 12.4 Å². The first-order valence-corrected chi connectivity index (χ1v) is 5.66. The minimum atomic E-state index is -0.910. The van der Waals surface area contributed by atoms with Crippen molar-refractivity contribution in [1.29, 1.82) is 0 Å². The zero-order valence-electron chi connectivity index (χ0n) is 10.5. The van der Waals surface area contributed by atoms with Crippen LogP contribution in [0.25, 0.3) is 0 Å². The van der Waals surface area contributed by atoms with Crippen LogP contribution in [0.5, 0.6) is 0 Å². The molecule has 1 fully saturated rings. The summed E-state index contributed by atoms with van der Waals surface area (Å²) in [5.41, 5.74) is 10.5. The van der Waals surface area contributed by atoms with Crippen LogP contribution in [0.3, 0.4) is 0 Å². The van der Waals surface area contributed by atoms with E-state index in [9.17, 15) is 9.18 Å². The van der Waals surface area contributed by atoms with Crippen LogP contribution in [0.4, 0.5) is 4.39 Å². The summed E-state index contributed by atoms with van der Waals surface area (Å²) in [5.74, 6) is -1.05. The lowest BCUT2D eigenvalue weighted by Crippen LogP contribution is -2.53. The molecule has 0 radical (unpaired) electrons. The molecule has 5 nitrogen and oxygen atoms in total. The molecule has 1 amide bonds. The van der Waals surface area contributed by atoms with Crippen LogP contribution in [0.2, 0.25) is 0 Å². The number of carbonyl (C=O) groups excluding carboxylic acids is 1. The van der Waals surface area contributed by atoms with Gasteiger partial charge in [-0.05, 0) is 25.1 Å². The lowest BCUT2D eigenvalue weighted by molar-refractivity contribution is -0.109. The van der Waals surface area contributed by atoms with Crippen molar-refractivity contribution >= 4 is 18.3 Å². The normalized spacial score (nSPS) is 26.6. The Balaban J connectivity index is 0.00000180. The summed E-state index contributed by atoms with van der Waals surface area (Å²) in [5, 5.41) is 3.07. The summed E-state index contributed by atoms with van der Waals surface area (Å²) in [6.07, 6.45) is -0.514. The summed E-state index contributed by atoms with van der Waals surface area (Å²) in [6.45, 7) is 2.65. The van der Waals surface area contributed by atoms with Crippen LogP contribution in [-0.2, 0) is 10.3 Å². The largest absolute Gasteiger partial charge is 0.366 e. The number of amides is 1. The van der Waals surface area contributed by atoms with E-state index in [4.69, 9.17) is 16.2 Å². The highest BCUT2D eigenvalue weighted by atomic mass is 35.5. The van der Waals surface area contributed by atoms with Crippen molar-refractivity contribution in [1.82, 2.24) is 5.32 Å². The fourth-order valence-electron chi connectivity index (χ4n) is 2.11. The van der Waals surface area contributed by atoms with Gasteiger partial charge in [-0.1, -0.05) is 0 Å². The van der Waals surface area contributed by atoms with Crippen molar-refractivity contribution in [3.8, 4) is 0 Å². The Labute approximate surface area is 116 Å². The number of halogens is 2. The SMILES string of the molecule is CC1(c2cc(C(N)=O)ccc2F)CNC[C@H](N)O1.Cl. The quantitative estimate of drug-likeness (QED) is 0.738. The van der Waals surface area contributed by atoms with Crippen molar-refractivity contribution in [2.45, 2.75) is 18.8 Å². The number of nitrogens with one attached hydrogen (secondary N) is 1. The van der Waals surface area contributed by atoms with Gasteiger partial charge in [0, 0.05) is 24.2 Å². The second kappa shape index (κ2) is 5.83. The number of hydrogen-bond acceptors (Lipinski definition) is 4. The number of carbonyl (C=O) groups is 1. The molecule has 1 unspecified atom stereocenters. The molecule has 1 aliphatic heterocycles. The van der Waals surface area contributed by atoms with E-state index in [2.05, 4.69) is 5.32 Å². The number of rotatable bonds is 2. The van der Waals surface area contributed by atoms with E-state index in [0.717, 1.165) is 0 Å². The Morgan fingerprint density at radius 1 is 1.58 bits per heavy atom. The smallest absolute Gasteiger partial charge is 0.248 e. The van der Waals surface area contributed by atoms with Gasteiger partial charge in [0.05, 0.1) is 0 Å². The summed E-state index contributed by atoms with van der Waals surface area (Å²) in [4.78, 5) is 11.1. The monoisotopic (exact) mass is 289 g/mol. The molecule has 2 rings (SSSR count). The lowest BCUT2D eigenvalue weighted by Gasteiger charge is -2.38. The number of ether oxygens (including phenoxy) is 1. The standard InChI is InChI=1S/C12H16FN3O2.ClH/c1-12(6-16-5-10(14)18-12)8-4-7(11(15)17)2-3-9(8)13;/h2-4,10,16H,5-6,14H2,1H3,(H2,15,17);1H/t10-,12?;/m1./s1. The van der Waals surface area contributed by atoms with Crippen LogP contribution in [-0.4, -0.2) is 25.2 Å². The Bertz CT molecular complexity index is 486. The van der Waals surface area contributed by atoms with Crippen LogP contribution >= 0.6 is 12.4 Å². The van der Waals surface area contributed by atoms with E-state index < -0.39 is 23.6 Å². The fraction of sp³-hybridized carbons (Fsp3) is 0.417. The van der Waals surface area contributed by atoms with Crippen LogP contribution < -0.4 is 16.8 Å². The van der Waals surface area contributed by atoms with E-state index in [1.54, 1.807) is 6.92 Å². The Kier molecular flexibility index (Phi) is 4.86. The molecular weight excluding hydrogens is 273 g/mol. The Hall–Kier alpha value is -1.21. The Morgan fingerprint density at radius 3 is 2.84 bits per heavy atom. The third kappa shape index (κ3) is 3.22. The van der Waals surface area contributed by atoms with Gasteiger partial charge in [-0.3, -0.25) is 4.79 Å². The molecule has 2 atom stereocenters. The molecule has 0 bridgehead atoms. The maximum Gasteiger partial charge on any atom is 0.248 e. The fourth-order valence-corrected chi connectivity index (χ4v) is 2.11. The number of primary amides is 1. The molecule has 106 valence electrons. The molecule has 0 aromatic heterocycles. The third-order valence-electron chi connectivity index (χ3n) is 3.04. The first kappa shape index (κ1) is 15.8. The second-order valence-corrected chi connectivity index (χ2v) is 4.58. The lowest BCUT2D eigenvalue weighted by atomic mass is 9.92. The molecule has 0 aliphatic carbocycles. The van der Waals surface area contributed by atoms with Crippen LogP contribution in [0.15, 0.2) is 18.2 Å². The molecule has 1 aromatic carbocycles. The maximum absolute atomic E-state index is 13.9. The van der Waals surface area contributed by atoms with Gasteiger partial charge in [0.2, 0.25) is 5.91 Å². The molecule has 5 N–H and O–H groups in total. The van der Waals surface area contributed by atoms with Crippen molar-refractivity contribution in [3.63, 3.8) is 0 Å². The van der Waals surface area contributed by atoms with Crippen molar-refractivity contribution in [2.75, 3.05) is 13.1 Å². The molecule has 1 saturated heterocycles. The van der Waals surface area contributed by atoms with Crippen molar-refractivity contribution in [3.05, 3.63) is 35.1 Å². The van der Waals surface area contributed by atoms with E-state index in [1.165, 1.54) is 18.2 Å². The highest BCUT2D eigenvalue weighted by Crippen LogP contribution is 2.30. The summed E-state index contributed by atoms with van der Waals surface area (Å²) < 4.78 is 19.5. The molecule has 7 heteroatoms. The van der Waals surface area contributed by atoms with Crippen molar-refractivity contribution in [2.24, 2.45) is 11.5 Å². The van der Waals surface area contributed by atoms with Gasteiger partial charge >= 0.3 is 0 Å². The average molecular weight is 290 g/mol. The Morgan fingerprint density at radius 2 is 2.26 bits per heavy atom. The van der Waals surface area contributed by atoms with Crippen molar-refractivity contribution < 1.29 is 13.9 Å². The predicted octanol–water partition coefficient (Wildman–Crippen LogP) is 0.466. The topological polar surface area (TPSA) is 90.4 Å². The van der Waals surface area contributed by atoms with Gasteiger partial charge in [0.15, 0.2) is 0 Å². The second-order valence-electron chi connectivity index (χ2n) is 4.58. The summed E-state index contributed by atoms with van der Waals surface area (Å²) in [7, 11) is 0. The first-order chi connectivity index (χ1) is 8.42. The minimum absolute atomic E-state index is 0. The molecule has 19 heavy (non-hydrogen) atoms. The van der Waals surface area contributed by atoms with E-state index in [1.807, 2.05) is 0 Å². The maximum atomic E-state index is 13.9. The van der Waals surface area contributed by atoms with Crippen LogP contribution in [0.1, 0.15) is 22.8 Å². The van der Waals surface area contributed by atoms with Crippen LogP contribution in [0, 0.1) is 5.82 Å². The van der Waals surface area contributed by atoms with Gasteiger partial charge in [0.1, 0.15) is 17.6 Å². The molecule has 0 spiro atoms. The highest BCUT2D eigenvalue weighted by molar-refractivity contribution is 5.93. The predicted molar refractivity (Wildman–Crippen MR) is 71.4 cm³/mol. The van der Waals surface area contributed by atoms with Gasteiger partial charge in [0.25, 0.3) is 0 Å². The van der Waals surface area contributed by atoms with E-state index >= 15 is 0 Å². The number of morpholine rings is 1. The summed E-state index contributed by atoms with van der Waals surface area (Å²) in [6, 6.07) is 3.97. The number of nitrogens with two attached hydrogens (primary N) is 2. The minimum Gasteiger partial charge on any atom is -0.366 e. The molecule has 1 aromatic rings. The zero-order valence-corrected chi connectivity index (χ0v) is 11.3. The zero-order chi connectivity index (χ0) is 13.3. The third-order valence-corrected chi connectivity index (χ3v) is 3.04. The number of hydrogen-bond donors (Lipinski definition) is 3. The molecular formula is C12H17ClFN3O2. The van der Waals surface area contributed by atoms with E-state index in [0.29, 0.717) is 13.1 Å². The van der Waals surface area contributed by atoms with Gasteiger partial charge in [-0.25, -0.2) is 4.39 Å². The van der Waals surface area contributed by atoms with Gasteiger partial charge < -0.3 is 21.5 Å². The number of benzene rings is 1. The molecule has 1 heterocycles. The average Bonchev–Trinajstić information content (AvgIpc) is 2.28. The molecule has 1 aliphatic rings.